The van der Waals surface area contributed by atoms with Crippen molar-refractivity contribution in [2.75, 3.05) is 7.11 Å². The second-order valence-electron chi connectivity index (χ2n) is 9.26. The van der Waals surface area contributed by atoms with Crippen molar-refractivity contribution in [3.05, 3.63) is 29.8 Å². The lowest BCUT2D eigenvalue weighted by molar-refractivity contribution is -0.205. The highest BCUT2D eigenvalue weighted by Gasteiger charge is 2.55. The maximum atomic E-state index is 13.1. The summed E-state index contributed by atoms with van der Waals surface area (Å²) >= 11 is 0. The molecule has 1 aliphatic heterocycles. The van der Waals surface area contributed by atoms with Gasteiger partial charge in [-0.25, -0.2) is 4.79 Å². The molecule has 0 aromatic heterocycles. The van der Waals surface area contributed by atoms with E-state index in [4.69, 9.17) is 14.3 Å². The fraction of sp³-hybridized carbons (Fsp3) is 0.636. The van der Waals surface area contributed by atoms with E-state index in [2.05, 4.69) is 5.16 Å². The molecule has 4 fully saturated rings. The normalized spacial score (nSPS) is 39.0. The first-order chi connectivity index (χ1) is 13.0. The van der Waals surface area contributed by atoms with E-state index < -0.39 is 5.60 Å². The fourth-order valence-corrected chi connectivity index (χ4v) is 6.05. The molecule has 0 amide bonds. The highest BCUT2D eigenvalue weighted by Crippen LogP contribution is 2.57. The molecular formula is C22H27NO4. The van der Waals surface area contributed by atoms with Crippen LogP contribution in [-0.4, -0.2) is 30.0 Å². The van der Waals surface area contributed by atoms with E-state index in [1.165, 1.54) is 19.3 Å². The molecule has 5 aliphatic rings. The molecule has 0 N–H and O–H groups in total. The largest absolute Gasteiger partial charge is 0.497 e. The van der Waals surface area contributed by atoms with Crippen LogP contribution in [0.1, 0.15) is 57.4 Å². The Morgan fingerprint density at radius 3 is 2.22 bits per heavy atom. The Morgan fingerprint density at radius 1 is 1.07 bits per heavy atom. The van der Waals surface area contributed by atoms with E-state index in [1.54, 1.807) is 14.0 Å². The van der Waals surface area contributed by atoms with Gasteiger partial charge in [-0.3, -0.25) is 0 Å². The van der Waals surface area contributed by atoms with E-state index in [0.717, 1.165) is 54.0 Å². The second kappa shape index (κ2) is 5.98. The van der Waals surface area contributed by atoms with Crippen molar-refractivity contribution in [2.45, 2.75) is 63.1 Å². The predicted octanol–water partition coefficient (Wildman–Crippen LogP) is 4.09. The first kappa shape index (κ1) is 17.1. The van der Waals surface area contributed by atoms with Crippen LogP contribution in [0.4, 0.5) is 0 Å². The average molecular weight is 369 g/mol. The molecule has 5 nitrogen and oxygen atoms in total. The minimum atomic E-state index is -1.03. The van der Waals surface area contributed by atoms with Gasteiger partial charge in [0.05, 0.1) is 12.8 Å². The number of hydrogen-bond acceptors (Lipinski definition) is 5. The number of benzene rings is 1. The van der Waals surface area contributed by atoms with Crippen molar-refractivity contribution in [1.29, 1.82) is 0 Å². The molecule has 4 bridgehead atoms. The Morgan fingerprint density at radius 2 is 1.67 bits per heavy atom. The van der Waals surface area contributed by atoms with Crippen molar-refractivity contribution in [3.8, 4) is 5.75 Å². The first-order valence-corrected chi connectivity index (χ1v) is 10.1. The third-order valence-corrected chi connectivity index (χ3v) is 7.01. The van der Waals surface area contributed by atoms with Gasteiger partial charge < -0.3 is 14.3 Å². The van der Waals surface area contributed by atoms with Crippen LogP contribution in [0, 0.1) is 17.8 Å². The molecule has 1 atom stereocenters. The smallest absolute Gasteiger partial charge is 0.354 e. The standard InChI is InChI=1S/C22H27NO4/c1-21(13-19(23-27-21)17-3-5-18(25-2)6-4-17)20(24)26-22-10-14-7-15(11-22)9-16(8-14)12-22/h3-6,14-16H,7-13H2,1-2H3/t14?,15?,16?,21-,22?/m1/s1. The number of esters is 1. The molecule has 0 spiro atoms. The number of ether oxygens (including phenoxy) is 2. The van der Waals surface area contributed by atoms with Gasteiger partial charge in [0.25, 0.3) is 0 Å². The van der Waals surface area contributed by atoms with Crippen LogP contribution < -0.4 is 4.74 Å². The van der Waals surface area contributed by atoms with Crippen LogP contribution in [0.25, 0.3) is 0 Å². The third-order valence-electron chi connectivity index (χ3n) is 7.01. The number of rotatable bonds is 4. The zero-order valence-electron chi connectivity index (χ0n) is 16.1. The van der Waals surface area contributed by atoms with Gasteiger partial charge in [-0.1, -0.05) is 5.16 Å². The van der Waals surface area contributed by atoms with Crippen LogP contribution in [-0.2, 0) is 14.4 Å². The van der Waals surface area contributed by atoms with Gasteiger partial charge in [0.15, 0.2) is 0 Å². The Balaban J connectivity index is 1.28. The van der Waals surface area contributed by atoms with E-state index in [-0.39, 0.29) is 11.6 Å². The number of hydrogen-bond donors (Lipinski definition) is 0. The number of methoxy groups -OCH3 is 1. The van der Waals surface area contributed by atoms with Crippen molar-refractivity contribution in [2.24, 2.45) is 22.9 Å². The summed E-state index contributed by atoms with van der Waals surface area (Å²) in [7, 11) is 1.64. The SMILES string of the molecule is COc1ccc(C2=NO[C@@](C)(C(=O)OC34CC5CC(CC(C5)C3)C4)C2)cc1. The molecule has 6 rings (SSSR count). The summed E-state index contributed by atoms with van der Waals surface area (Å²) in [6.07, 6.45) is 7.53. The highest BCUT2D eigenvalue weighted by molar-refractivity contribution is 6.04. The first-order valence-electron chi connectivity index (χ1n) is 10.1. The van der Waals surface area contributed by atoms with Crippen LogP contribution in [0.15, 0.2) is 29.4 Å². The van der Waals surface area contributed by atoms with Gasteiger partial charge in [-0.05, 0) is 93.0 Å². The third kappa shape index (κ3) is 2.91. The molecule has 0 radical (unpaired) electrons. The number of oxime groups is 1. The van der Waals surface area contributed by atoms with Crippen LogP contribution >= 0.6 is 0 Å². The van der Waals surface area contributed by atoms with E-state index in [1.807, 2.05) is 24.3 Å². The molecule has 1 aromatic carbocycles. The summed E-state index contributed by atoms with van der Waals surface area (Å²) in [6, 6.07) is 7.66. The number of carbonyl (C=O) groups is 1. The molecular weight excluding hydrogens is 342 g/mol. The summed E-state index contributed by atoms with van der Waals surface area (Å²) in [5, 5.41) is 4.21. The van der Waals surface area contributed by atoms with E-state index in [0.29, 0.717) is 6.42 Å². The van der Waals surface area contributed by atoms with E-state index in [9.17, 15) is 4.79 Å². The topological polar surface area (TPSA) is 57.1 Å². The predicted molar refractivity (Wildman–Crippen MR) is 101 cm³/mol. The Kier molecular flexibility index (Phi) is 3.78. The van der Waals surface area contributed by atoms with Gasteiger partial charge in [0, 0.05) is 6.42 Å². The van der Waals surface area contributed by atoms with Gasteiger partial charge in [0.2, 0.25) is 5.60 Å². The lowest BCUT2D eigenvalue weighted by Gasteiger charge is -2.56. The quantitative estimate of drug-likeness (QED) is 0.750. The molecule has 4 saturated carbocycles. The second-order valence-corrected chi connectivity index (χ2v) is 9.26. The van der Waals surface area contributed by atoms with Crippen LogP contribution in [0.2, 0.25) is 0 Å². The molecule has 4 aliphatic carbocycles. The van der Waals surface area contributed by atoms with Crippen LogP contribution in [0.5, 0.6) is 5.75 Å². The zero-order valence-corrected chi connectivity index (χ0v) is 16.1. The molecule has 144 valence electrons. The lowest BCUT2D eigenvalue weighted by Crippen LogP contribution is -2.55. The van der Waals surface area contributed by atoms with Gasteiger partial charge >= 0.3 is 5.97 Å². The molecule has 1 heterocycles. The summed E-state index contributed by atoms with van der Waals surface area (Å²) in [4.78, 5) is 18.7. The minimum absolute atomic E-state index is 0.249. The summed E-state index contributed by atoms with van der Waals surface area (Å²) in [5.41, 5.74) is 0.449. The summed E-state index contributed by atoms with van der Waals surface area (Å²) < 4.78 is 11.4. The number of carbonyl (C=O) groups excluding carboxylic acids is 1. The molecule has 27 heavy (non-hydrogen) atoms. The average Bonchev–Trinajstić information content (AvgIpc) is 3.04. The molecule has 1 aromatic rings. The van der Waals surface area contributed by atoms with Gasteiger partial charge in [-0.15, -0.1) is 0 Å². The summed E-state index contributed by atoms with van der Waals surface area (Å²) in [5.74, 6) is 2.77. The van der Waals surface area contributed by atoms with Crippen molar-refractivity contribution >= 4 is 11.7 Å². The maximum absolute atomic E-state index is 13.1. The van der Waals surface area contributed by atoms with Crippen LogP contribution in [0.3, 0.4) is 0 Å². The maximum Gasteiger partial charge on any atom is 0.354 e. The molecule has 0 saturated heterocycles. The molecule has 5 heteroatoms. The summed E-state index contributed by atoms with van der Waals surface area (Å²) in [6.45, 7) is 1.80. The Bertz CT molecular complexity index is 749. The fourth-order valence-electron chi connectivity index (χ4n) is 6.05. The van der Waals surface area contributed by atoms with Crippen molar-refractivity contribution in [1.82, 2.24) is 0 Å². The number of nitrogens with zero attached hydrogens (tertiary/aromatic N) is 1. The highest BCUT2D eigenvalue weighted by atomic mass is 16.7. The van der Waals surface area contributed by atoms with Gasteiger partial charge in [-0.2, -0.15) is 0 Å². The minimum Gasteiger partial charge on any atom is -0.497 e. The monoisotopic (exact) mass is 369 g/mol. The molecule has 0 unspecified atom stereocenters. The van der Waals surface area contributed by atoms with Crippen molar-refractivity contribution < 1.29 is 19.1 Å². The van der Waals surface area contributed by atoms with Gasteiger partial charge in [0.1, 0.15) is 11.4 Å². The Labute approximate surface area is 160 Å². The Hall–Kier alpha value is -2.04. The lowest BCUT2D eigenvalue weighted by atomic mass is 9.54. The zero-order chi connectivity index (χ0) is 18.6. The van der Waals surface area contributed by atoms with E-state index >= 15 is 0 Å². The van der Waals surface area contributed by atoms with Crippen molar-refractivity contribution in [3.63, 3.8) is 0 Å².